The lowest BCUT2D eigenvalue weighted by Gasteiger charge is -2.33. The predicted molar refractivity (Wildman–Crippen MR) is 531 cm³/mol. The van der Waals surface area contributed by atoms with E-state index in [0.717, 1.165) is 147 Å². The van der Waals surface area contributed by atoms with Crippen LogP contribution in [0.15, 0.2) is 150 Å². The SMILES string of the molecule is CC(C)(Cc1ccc(N2C[C@@H]3C[C@H]2C[C@H]3OCc2c(-c3c(Cl)cccc3Cl)noc2C2CC2)cc1F)C(=O)O.COC(=O)C(C)(C)Cc1ccc(Br)cc1F.COC(=O)C(C)(C)Cc1ccc(N2C[C@@H]3C[C@H]2C[C@H]3OCc2c(-c3c(Cl)cccc3Cl)noc2C2CC2)cc1F.COC(=O)CCc1ccc(Br)cc1F.Clc1cccc(Cl)c1-c1noc(C2CC2)c1CO[C@@H]1C[C@@H]2C[C@H]1CN2.I. The van der Waals surface area contributed by atoms with E-state index in [9.17, 15) is 37.5 Å². The third kappa shape index (κ3) is 24.6. The maximum Gasteiger partial charge on any atom is 0.311 e. The van der Waals surface area contributed by atoms with Gasteiger partial charge < -0.3 is 62.2 Å². The van der Waals surface area contributed by atoms with E-state index >= 15 is 4.39 Å². The van der Waals surface area contributed by atoms with Crippen molar-refractivity contribution in [2.45, 2.75) is 225 Å². The summed E-state index contributed by atoms with van der Waals surface area (Å²) in [6, 6.07) is 37.6. The van der Waals surface area contributed by atoms with Gasteiger partial charge in [-0.15, -0.1) is 24.0 Å². The number of halogens is 13. The van der Waals surface area contributed by atoms with E-state index in [2.05, 4.69) is 71.9 Å². The average molecular weight is 2220 g/mol. The maximum atomic E-state index is 15.1. The molecule has 9 atom stereocenters. The van der Waals surface area contributed by atoms with Crippen LogP contribution < -0.4 is 15.1 Å². The molecule has 135 heavy (non-hydrogen) atoms. The smallest absolute Gasteiger partial charge is 0.311 e. The van der Waals surface area contributed by atoms with Crippen molar-refractivity contribution in [2.75, 3.05) is 50.8 Å². The van der Waals surface area contributed by atoms with Crippen LogP contribution in [-0.2, 0) is 93.1 Å². The summed E-state index contributed by atoms with van der Waals surface area (Å²) in [6.45, 7) is 14.2. The summed E-state index contributed by atoms with van der Waals surface area (Å²) in [6.07, 6.45) is 14.5. The number of aromatic nitrogens is 3. The fraction of sp³-hybridized carbons (Fsp3) is 0.461. The fourth-order valence-electron chi connectivity index (χ4n) is 19.2. The molecule has 3 saturated heterocycles. The van der Waals surface area contributed by atoms with Crippen molar-refractivity contribution in [1.82, 2.24) is 20.8 Å². The van der Waals surface area contributed by atoms with E-state index in [1.54, 1.807) is 114 Å². The number of nitrogens with one attached hydrogen (secondary N) is 1. The number of benzene rings is 7. The highest BCUT2D eigenvalue weighted by Crippen LogP contribution is 2.53. The third-order valence-corrected chi connectivity index (χ3v) is 29.9. The van der Waals surface area contributed by atoms with Crippen molar-refractivity contribution in [1.29, 1.82) is 0 Å². The molecule has 10 aromatic rings. The molecule has 6 aliphatic carbocycles. The van der Waals surface area contributed by atoms with Crippen LogP contribution in [0.3, 0.4) is 0 Å². The van der Waals surface area contributed by atoms with Gasteiger partial charge >= 0.3 is 23.9 Å². The van der Waals surface area contributed by atoms with E-state index in [1.165, 1.54) is 39.9 Å². The van der Waals surface area contributed by atoms with Crippen LogP contribution in [0.5, 0.6) is 0 Å². The molecule has 722 valence electrons. The highest BCUT2D eigenvalue weighted by atomic mass is 127. The zero-order valence-electron chi connectivity index (χ0n) is 76.3. The molecule has 6 bridgehead atoms. The normalized spacial score (nSPS) is 20.7. The summed E-state index contributed by atoms with van der Waals surface area (Å²) in [5.41, 5.74) is 8.16. The first-order chi connectivity index (χ1) is 64.0. The molecule has 9 aliphatic rings. The Hall–Kier alpha value is -7.36. The number of carbonyl (C=O) groups excluding carboxylic acids is 3. The molecule has 9 fully saturated rings. The number of methoxy groups -OCH3 is 3. The molecule has 0 radical (unpaired) electrons. The molecule has 0 amide bonds. The molecule has 0 spiro atoms. The standard InChI is InChI=1S/C31H33Cl2FN2O4.C30H31Cl2FN2O4.C19H20Cl2N2O2.C12H14BrFO2.C10H10BrFO2.HI/c1-31(2,30(37)38-3)14-18-9-10-20(12-25(18)34)36-15-19-11-21(36)13-26(19)39-16-22-28(35-40-29(22)17-7-8-17)27-23(32)5-4-6-24(27)33;1-30(2,29(36)37)13-17-8-9-19(11-24(17)33)35-14-18-10-20(35)12-25(18)38-15-21-27(34-39-28(21)16-6-7-16)26-22(31)4-3-5-23(26)32;20-14-2-1-3-15(21)17(14)18-13(19(25-23-18)10-4-5-10)9-24-16-7-12-6-11(16)8-22-12;1-12(2,11(15)16-3)7-8-4-5-9(13)6-10(8)14;1-14-10(13)5-3-7-2-4-8(11)6-9(7)12;/h4-6,9-10,12,17,19,21,26H,7-8,11,13-16H2,1-3H3;3-5,8-9,11,16,18,20,25H,6-7,10,12-15H2,1-2H3,(H,36,37);1-3,10-12,16,22H,4-9H2;4-6H,7H2,1-3H3;2,4,6H,3,5H2,1H3;1H/t19-,21-,26+;18-,20-,25+;11-,12-,16+;;;/m000.../s1. The van der Waals surface area contributed by atoms with E-state index in [4.69, 9.17) is 102 Å². The summed E-state index contributed by atoms with van der Waals surface area (Å²) in [7, 11) is 4.01. The van der Waals surface area contributed by atoms with E-state index in [0.29, 0.717) is 164 Å². The van der Waals surface area contributed by atoms with Gasteiger partial charge in [0.1, 0.15) is 57.6 Å². The van der Waals surface area contributed by atoms with Gasteiger partial charge in [0.05, 0.1) is 106 Å². The minimum Gasteiger partial charge on any atom is -0.481 e. The zero-order chi connectivity index (χ0) is 95.5. The molecule has 0 unspecified atom stereocenters. The number of carboxylic acid groups (broad SMARTS) is 1. The van der Waals surface area contributed by atoms with Gasteiger partial charge in [-0.1, -0.05) is 159 Å². The molecule has 19 rings (SSSR count). The lowest BCUT2D eigenvalue weighted by molar-refractivity contribution is -0.151. The molecule has 7 aromatic carbocycles. The van der Waals surface area contributed by atoms with Crippen molar-refractivity contribution in [3.05, 3.63) is 246 Å². The first kappa shape index (κ1) is 103. The second-order valence-electron chi connectivity index (χ2n) is 38.3. The van der Waals surface area contributed by atoms with E-state index < -0.39 is 22.2 Å². The average Bonchev–Trinajstić information content (AvgIpc) is 1.63. The molecular weight excluding hydrogens is 2110 g/mol. The number of fused-ring (bicyclic) bond motifs is 6. The minimum absolute atomic E-state index is 0. The molecule has 20 nitrogen and oxygen atoms in total. The number of nitrogens with zero attached hydrogens (tertiary/aromatic N) is 5. The van der Waals surface area contributed by atoms with Crippen LogP contribution in [0.25, 0.3) is 33.8 Å². The Kier molecular flexibility index (Phi) is 34.2. The molecule has 33 heteroatoms. The summed E-state index contributed by atoms with van der Waals surface area (Å²) >= 11 is 45.2. The summed E-state index contributed by atoms with van der Waals surface area (Å²) in [5.74, 6) is 1.97. The molecule has 2 N–H and O–H groups in total. The predicted octanol–water partition coefficient (Wildman–Crippen LogP) is 26.5. The van der Waals surface area contributed by atoms with E-state index in [-0.39, 0.29) is 109 Å². The third-order valence-electron chi connectivity index (χ3n) is 27.0. The Labute approximate surface area is 847 Å². The Morgan fingerprint density at radius 2 is 0.793 bits per heavy atom. The molecule has 3 aromatic heterocycles. The minimum atomic E-state index is -1.03. The molecule has 6 saturated carbocycles. The van der Waals surface area contributed by atoms with Gasteiger partial charge in [0.25, 0.3) is 0 Å². The molecule has 3 aliphatic heterocycles. The van der Waals surface area contributed by atoms with Crippen molar-refractivity contribution in [3.8, 4) is 33.8 Å². The lowest BCUT2D eigenvalue weighted by atomic mass is 9.85. The van der Waals surface area contributed by atoms with Gasteiger partial charge in [-0.3, -0.25) is 19.2 Å². The van der Waals surface area contributed by atoms with Crippen molar-refractivity contribution in [3.63, 3.8) is 0 Å². The van der Waals surface area contributed by atoms with Crippen LogP contribution in [-0.4, -0.2) is 122 Å². The van der Waals surface area contributed by atoms with E-state index in [1.807, 2.05) is 42.5 Å². The number of carbonyl (C=O) groups is 4. The van der Waals surface area contributed by atoms with Crippen molar-refractivity contribution >= 4 is 161 Å². The highest BCUT2D eigenvalue weighted by molar-refractivity contribution is 14.0. The number of aliphatic carboxylic acids is 1. The Bertz CT molecular complexity index is 5890. The summed E-state index contributed by atoms with van der Waals surface area (Å²) < 4.78 is 109. The zero-order valence-corrected chi connectivity index (χ0v) is 86.3. The number of anilines is 2. The number of esters is 3. The monoisotopic (exact) mass is 2210 g/mol. The number of rotatable bonds is 29. The van der Waals surface area contributed by atoms with Gasteiger partial charge in [-0.05, 0) is 257 Å². The van der Waals surface area contributed by atoms with Crippen LogP contribution >= 0.6 is 125 Å². The fourth-order valence-corrected chi connectivity index (χ4v) is 21.6. The Morgan fingerprint density at radius 1 is 0.452 bits per heavy atom. The topological polar surface area (TPSA) is 240 Å². The maximum absolute atomic E-state index is 15.1. The Balaban J connectivity index is 0.000000143. The number of hydrogen-bond donors (Lipinski definition) is 2. The Morgan fingerprint density at radius 3 is 1.09 bits per heavy atom. The molecule has 6 heterocycles. The number of carboxylic acids is 1. The van der Waals surface area contributed by atoms with Gasteiger partial charge in [0.2, 0.25) is 0 Å². The first-order valence-electron chi connectivity index (χ1n) is 45.3. The summed E-state index contributed by atoms with van der Waals surface area (Å²) in [4.78, 5) is 50.3. The number of hydrogen-bond acceptors (Lipinski definition) is 19. The molecular formula is C102H109Br2Cl6F4IN6O14. The number of aryl methyl sites for hydroxylation is 1. The van der Waals surface area contributed by atoms with Gasteiger partial charge in [0, 0.05) is 127 Å². The van der Waals surface area contributed by atoms with Gasteiger partial charge in [0.15, 0.2) is 0 Å². The highest BCUT2D eigenvalue weighted by Gasteiger charge is 2.49. The van der Waals surface area contributed by atoms with Crippen LogP contribution in [0.4, 0.5) is 28.9 Å². The second-order valence-corrected chi connectivity index (χ2v) is 42.5. The lowest BCUT2D eigenvalue weighted by Crippen LogP contribution is -2.38. The van der Waals surface area contributed by atoms with Crippen molar-refractivity contribution in [2.24, 2.45) is 34.0 Å². The van der Waals surface area contributed by atoms with Gasteiger partial charge in [-0.25, -0.2) is 17.6 Å². The summed E-state index contributed by atoms with van der Waals surface area (Å²) in [5, 5.41) is 29.3. The largest absolute Gasteiger partial charge is 0.481 e. The quantitative estimate of drug-likeness (QED) is 0.0192. The van der Waals surface area contributed by atoms with Crippen LogP contribution in [0.1, 0.15) is 199 Å². The first-order valence-corrected chi connectivity index (χ1v) is 49.2. The van der Waals surface area contributed by atoms with Crippen molar-refractivity contribution < 1.29 is 83.8 Å². The number of ether oxygens (including phenoxy) is 6. The number of piperidine rings is 3. The second kappa shape index (κ2) is 44.6. The van der Waals surface area contributed by atoms with Crippen LogP contribution in [0.2, 0.25) is 30.1 Å². The van der Waals surface area contributed by atoms with Crippen LogP contribution in [0, 0.1) is 57.3 Å². The van der Waals surface area contributed by atoms with Gasteiger partial charge in [-0.2, -0.15) is 0 Å².